The number of carbonyl (C=O) groups excluding carboxylic acids is 1. The number of hydrogen-bond acceptors (Lipinski definition) is 3. The van der Waals surface area contributed by atoms with Gasteiger partial charge in [0.2, 0.25) is 0 Å². The zero-order chi connectivity index (χ0) is 18.1. The Morgan fingerprint density at radius 1 is 1.19 bits per heavy atom. The Hall–Kier alpha value is -1.79. The number of benzene rings is 2. The van der Waals surface area contributed by atoms with Crippen LogP contribution in [0.4, 0.5) is 5.69 Å². The summed E-state index contributed by atoms with van der Waals surface area (Å²) in [4.78, 5) is 25.3. The van der Waals surface area contributed by atoms with E-state index in [1.807, 2.05) is 19.1 Å². The third-order valence-corrected chi connectivity index (χ3v) is 4.53. The molecular formula is C19H18ClN2NaO3. The van der Waals surface area contributed by atoms with Gasteiger partial charge in [0.15, 0.2) is 0 Å². The van der Waals surface area contributed by atoms with Crippen LogP contribution < -0.4 is 10.9 Å². The van der Waals surface area contributed by atoms with Crippen LogP contribution in [0.2, 0.25) is 5.02 Å². The number of pyridine rings is 1. The van der Waals surface area contributed by atoms with Crippen molar-refractivity contribution in [3.05, 3.63) is 69.0 Å². The van der Waals surface area contributed by atoms with Crippen molar-refractivity contribution in [3.8, 4) is 5.75 Å². The number of aromatic nitrogens is 1. The molecule has 0 saturated carbocycles. The summed E-state index contributed by atoms with van der Waals surface area (Å²) in [6, 6.07) is 12.3. The van der Waals surface area contributed by atoms with Gasteiger partial charge in [-0.3, -0.25) is 9.59 Å². The molecule has 3 rings (SSSR count). The number of amides is 1. The van der Waals surface area contributed by atoms with E-state index < -0.39 is 17.2 Å². The van der Waals surface area contributed by atoms with Gasteiger partial charge in [-0.2, -0.15) is 0 Å². The Balaban J connectivity index is 0.00000243. The maximum absolute atomic E-state index is 12.7. The van der Waals surface area contributed by atoms with Crippen molar-refractivity contribution < 1.29 is 9.90 Å². The molecule has 1 aromatic heterocycles. The van der Waals surface area contributed by atoms with Crippen molar-refractivity contribution in [2.45, 2.75) is 13.3 Å². The summed E-state index contributed by atoms with van der Waals surface area (Å²) >= 11 is 6.16. The number of carbonyl (C=O) groups is 1. The fourth-order valence-corrected chi connectivity index (χ4v) is 3.13. The zero-order valence-electron chi connectivity index (χ0n) is 13.8. The first-order valence-electron chi connectivity index (χ1n) is 7.85. The molecule has 0 unspecified atom stereocenters. The molecule has 0 spiro atoms. The van der Waals surface area contributed by atoms with Crippen molar-refractivity contribution in [3.63, 3.8) is 0 Å². The Bertz CT molecular complexity index is 1050. The molecule has 0 aliphatic heterocycles. The van der Waals surface area contributed by atoms with Crippen LogP contribution in [0.25, 0.3) is 10.9 Å². The SMILES string of the molecule is CCc1ccccc1NC(=O)c1c(O)c2c(Cl)cccc2n(C)c1=O.[NaH]. The molecule has 2 aromatic carbocycles. The third kappa shape index (κ3) is 3.53. The number of aromatic hydroxyl groups is 1. The number of nitrogens with one attached hydrogen (secondary N) is 1. The summed E-state index contributed by atoms with van der Waals surface area (Å²) in [6.07, 6.45) is 0.726. The number of para-hydroxylation sites is 1. The van der Waals surface area contributed by atoms with Gasteiger partial charge in [0.25, 0.3) is 11.5 Å². The van der Waals surface area contributed by atoms with Gasteiger partial charge < -0.3 is 15.0 Å². The van der Waals surface area contributed by atoms with E-state index in [1.54, 1.807) is 30.3 Å². The topological polar surface area (TPSA) is 71.3 Å². The summed E-state index contributed by atoms with van der Waals surface area (Å²) in [5, 5.41) is 13.8. The molecule has 7 heteroatoms. The second-order valence-corrected chi connectivity index (χ2v) is 6.09. The number of fused-ring (bicyclic) bond motifs is 1. The van der Waals surface area contributed by atoms with Crippen molar-refractivity contribution in [1.82, 2.24) is 4.57 Å². The predicted molar refractivity (Wildman–Crippen MR) is 107 cm³/mol. The predicted octanol–water partition coefficient (Wildman–Crippen LogP) is 3.06. The van der Waals surface area contributed by atoms with Gasteiger partial charge in [-0.05, 0) is 30.2 Å². The van der Waals surface area contributed by atoms with Crippen LogP contribution in [-0.2, 0) is 13.5 Å². The van der Waals surface area contributed by atoms with E-state index in [9.17, 15) is 14.7 Å². The number of anilines is 1. The van der Waals surface area contributed by atoms with Gasteiger partial charge in [-0.15, -0.1) is 0 Å². The van der Waals surface area contributed by atoms with Gasteiger partial charge in [0.05, 0.1) is 15.9 Å². The number of rotatable bonds is 3. The molecule has 0 aliphatic rings. The van der Waals surface area contributed by atoms with Gasteiger partial charge in [-0.25, -0.2) is 0 Å². The molecule has 130 valence electrons. The average molecular weight is 381 g/mol. The number of halogens is 1. The van der Waals surface area contributed by atoms with Gasteiger partial charge in [0, 0.05) is 12.7 Å². The first kappa shape index (κ1) is 20.5. The van der Waals surface area contributed by atoms with E-state index in [0.717, 1.165) is 12.0 Å². The van der Waals surface area contributed by atoms with E-state index in [1.165, 1.54) is 11.6 Å². The third-order valence-electron chi connectivity index (χ3n) is 4.22. The van der Waals surface area contributed by atoms with E-state index in [-0.39, 0.29) is 45.5 Å². The minimum atomic E-state index is -0.666. The average Bonchev–Trinajstić information content (AvgIpc) is 2.60. The summed E-state index contributed by atoms with van der Waals surface area (Å²) in [6.45, 7) is 1.97. The molecular weight excluding hydrogens is 363 g/mol. The van der Waals surface area contributed by atoms with Crippen LogP contribution in [0, 0.1) is 0 Å². The normalized spacial score (nSPS) is 10.4. The molecule has 0 aliphatic carbocycles. The second kappa shape index (κ2) is 8.27. The van der Waals surface area contributed by atoms with Crippen LogP contribution in [0.15, 0.2) is 47.3 Å². The fourth-order valence-electron chi connectivity index (χ4n) is 2.87. The Labute approximate surface area is 177 Å². The van der Waals surface area contributed by atoms with Gasteiger partial charge >= 0.3 is 29.6 Å². The van der Waals surface area contributed by atoms with Crippen molar-refractivity contribution in [1.29, 1.82) is 0 Å². The monoisotopic (exact) mass is 380 g/mol. The first-order chi connectivity index (χ1) is 12.0. The summed E-state index contributed by atoms with van der Waals surface area (Å²) in [7, 11) is 1.54. The number of nitrogens with zero attached hydrogens (tertiary/aromatic N) is 1. The standard InChI is InChI=1S/C19H17ClN2O3.Na.H/c1-3-11-7-4-5-9-13(11)21-18(24)16-17(23)15-12(20)8-6-10-14(15)22(2)19(16)25;;/h4-10,23H,3H2,1-2H3,(H,21,24);;. The molecule has 0 radical (unpaired) electrons. The van der Waals surface area contributed by atoms with Crippen LogP contribution in [0.3, 0.4) is 0 Å². The van der Waals surface area contributed by atoms with E-state index in [2.05, 4.69) is 5.32 Å². The Morgan fingerprint density at radius 3 is 2.58 bits per heavy atom. The molecule has 0 fully saturated rings. The molecule has 26 heavy (non-hydrogen) atoms. The molecule has 3 aromatic rings. The first-order valence-corrected chi connectivity index (χ1v) is 8.23. The molecule has 1 heterocycles. The summed E-state index contributed by atoms with van der Waals surface area (Å²) < 4.78 is 1.31. The van der Waals surface area contributed by atoms with Crippen molar-refractivity contribution in [2.24, 2.45) is 7.05 Å². The number of hydrogen-bond donors (Lipinski definition) is 2. The molecule has 1 amide bonds. The molecule has 0 bridgehead atoms. The van der Waals surface area contributed by atoms with Crippen LogP contribution in [0.5, 0.6) is 5.75 Å². The Kier molecular flexibility index (Phi) is 6.53. The van der Waals surface area contributed by atoms with Crippen molar-refractivity contribution >= 4 is 63.7 Å². The van der Waals surface area contributed by atoms with Crippen LogP contribution >= 0.6 is 11.6 Å². The molecule has 5 nitrogen and oxygen atoms in total. The van der Waals surface area contributed by atoms with Crippen LogP contribution in [0.1, 0.15) is 22.8 Å². The second-order valence-electron chi connectivity index (χ2n) is 5.69. The van der Waals surface area contributed by atoms with E-state index in [4.69, 9.17) is 11.6 Å². The molecule has 0 atom stereocenters. The number of aryl methyl sites for hydroxylation is 2. The van der Waals surface area contributed by atoms with Crippen LogP contribution in [-0.4, -0.2) is 45.1 Å². The fraction of sp³-hybridized carbons (Fsp3) is 0.158. The molecule has 0 saturated heterocycles. The maximum atomic E-state index is 12.7. The van der Waals surface area contributed by atoms with Gasteiger partial charge in [0.1, 0.15) is 11.3 Å². The minimum absolute atomic E-state index is 0. The van der Waals surface area contributed by atoms with Crippen molar-refractivity contribution in [2.75, 3.05) is 5.32 Å². The summed E-state index contributed by atoms with van der Waals surface area (Å²) in [5.74, 6) is -1.07. The van der Waals surface area contributed by atoms with Gasteiger partial charge in [-0.1, -0.05) is 42.8 Å². The van der Waals surface area contributed by atoms with E-state index in [0.29, 0.717) is 11.2 Å². The van der Waals surface area contributed by atoms with E-state index >= 15 is 0 Å². The molecule has 2 N–H and O–H groups in total. The zero-order valence-corrected chi connectivity index (χ0v) is 14.6. The Morgan fingerprint density at radius 2 is 1.88 bits per heavy atom. The summed E-state index contributed by atoms with van der Waals surface area (Å²) in [5.41, 5.74) is 1.09. The quantitative estimate of drug-likeness (QED) is 0.686.